The molecule has 1 aliphatic heterocycles. The number of nitrogens with zero attached hydrogens (tertiary/aromatic N) is 3. The maximum atomic E-state index is 13.1. The first-order valence-electron chi connectivity index (χ1n) is 10.8. The Morgan fingerprint density at radius 2 is 1.70 bits per heavy atom. The van der Waals surface area contributed by atoms with E-state index in [1.165, 1.54) is 12.3 Å². The first kappa shape index (κ1) is 22.3. The van der Waals surface area contributed by atoms with Crippen LogP contribution in [0.1, 0.15) is 15.9 Å². The third-order valence-electron chi connectivity index (χ3n) is 5.47. The molecule has 170 valence electrons. The number of pyridine rings is 1. The van der Waals surface area contributed by atoms with E-state index in [0.717, 1.165) is 23.1 Å². The quantitative estimate of drug-likeness (QED) is 0.564. The Hall–Kier alpha value is -3.94. The van der Waals surface area contributed by atoms with Gasteiger partial charge in [0.15, 0.2) is 0 Å². The van der Waals surface area contributed by atoms with Gasteiger partial charge in [-0.05, 0) is 35.9 Å². The van der Waals surface area contributed by atoms with E-state index in [9.17, 15) is 14.0 Å². The van der Waals surface area contributed by atoms with E-state index in [-0.39, 0.29) is 18.0 Å². The van der Waals surface area contributed by atoms with Crippen molar-refractivity contribution < 1.29 is 18.7 Å². The molecule has 1 aromatic heterocycles. The van der Waals surface area contributed by atoms with Gasteiger partial charge in [-0.25, -0.2) is 4.98 Å². The number of ether oxygens (including phenoxy) is 1. The second kappa shape index (κ2) is 10.6. The highest BCUT2D eigenvalue weighted by atomic mass is 18.2. The van der Waals surface area contributed by atoms with Crippen molar-refractivity contribution in [2.24, 2.45) is 0 Å². The first-order chi connectivity index (χ1) is 16.1. The van der Waals surface area contributed by atoms with Gasteiger partial charge < -0.3 is 19.9 Å². The van der Waals surface area contributed by atoms with E-state index in [0.29, 0.717) is 32.8 Å². The molecule has 8 heteroatoms. The fourth-order valence-electron chi connectivity index (χ4n) is 3.62. The lowest BCUT2D eigenvalue weighted by Gasteiger charge is -2.36. The Balaban J connectivity index is 1.22. The molecule has 0 unspecified atom stereocenters. The Labute approximate surface area is 191 Å². The minimum Gasteiger partial charge on any atom is -0.489 e. The van der Waals surface area contributed by atoms with Crippen molar-refractivity contribution in [3.05, 3.63) is 90.0 Å². The second-order valence-electron chi connectivity index (χ2n) is 7.69. The number of nitrogens with one attached hydrogen (secondary N) is 1. The molecule has 2 heterocycles. The summed E-state index contributed by atoms with van der Waals surface area (Å²) in [5.74, 6) is -0.595. The molecular weight excluding hydrogens is 422 g/mol. The van der Waals surface area contributed by atoms with Crippen molar-refractivity contribution in [3.8, 4) is 5.75 Å². The average molecular weight is 448 g/mol. The van der Waals surface area contributed by atoms with E-state index in [4.69, 9.17) is 4.74 Å². The predicted octanol–water partition coefficient (Wildman–Crippen LogP) is 2.88. The number of piperazine rings is 1. The van der Waals surface area contributed by atoms with Crippen molar-refractivity contribution in [2.75, 3.05) is 37.6 Å². The number of hydrogen-bond acceptors (Lipinski definition) is 5. The van der Waals surface area contributed by atoms with Crippen LogP contribution in [-0.4, -0.2) is 54.4 Å². The number of hydrogen-bond donors (Lipinski definition) is 1. The summed E-state index contributed by atoms with van der Waals surface area (Å²) in [4.78, 5) is 31.9. The van der Waals surface area contributed by atoms with Crippen LogP contribution in [0.5, 0.6) is 5.75 Å². The zero-order chi connectivity index (χ0) is 23.0. The van der Waals surface area contributed by atoms with Crippen LogP contribution in [0.2, 0.25) is 0 Å². The lowest BCUT2D eigenvalue weighted by Crippen LogP contribution is -2.51. The number of rotatable bonds is 7. The van der Waals surface area contributed by atoms with E-state index in [2.05, 4.69) is 15.2 Å². The molecule has 0 atom stereocenters. The number of amides is 2. The fourth-order valence-corrected chi connectivity index (χ4v) is 3.62. The zero-order valence-corrected chi connectivity index (χ0v) is 18.1. The second-order valence-corrected chi connectivity index (χ2v) is 7.69. The number of carbonyl (C=O) groups is 2. The molecule has 1 fully saturated rings. The van der Waals surface area contributed by atoms with Gasteiger partial charge in [-0.3, -0.25) is 9.59 Å². The van der Waals surface area contributed by atoms with Gasteiger partial charge in [-0.2, -0.15) is 4.39 Å². The van der Waals surface area contributed by atoms with Crippen LogP contribution in [0.15, 0.2) is 72.9 Å². The van der Waals surface area contributed by atoms with Crippen LogP contribution in [-0.2, 0) is 11.4 Å². The molecule has 7 nitrogen and oxygen atoms in total. The molecule has 0 spiro atoms. The lowest BCUT2D eigenvalue weighted by atomic mass is 10.2. The summed E-state index contributed by atoms with van der Waals surface area (Å²) in [7, 11) is 0. The van der Waals surface area contributed by atoms with E-state index >= 15 is 0 Å². The van der Waals surface area contributed by atoms with Crippen LogP contribution in [0.4, 0.5) is 10.1 Å². The molecule has 3 aromatic rings. The fraction of sp³-hybridized carbons (Fsp3) is 0.240. The molecule has 1 saturated heterocycles. The van der Waals surface area contributed by atoms with Gasteiger partial charge in [0.2, 0.25) is 11.9 Å². The Kier molecular flexibility index (Phi) is 7.14. The van der Waals surface area contributed by atoms with Gasteiger partial charge in [-0.15, -0.1) is 0 Å². The number of anilines is 1. The Morgan fingerprint density at radius 3 is 2.39 bits per heavy atom. The molecule has 4 rings (SSSR count). The topological polar surface area (TPSA) is 74.8 Å². The number of benzene rings is 2. The summed E-state index contributed by atoms with van der Waals surface area (Å²) < 4.78 is 19.0. The normalized spacial score (nSPS) is 13.5. The van der Waals surface area contributed by atoms with Gasteiger partial charge in [0.05, 0.1) is 6.54 Å². The minimum absolute atomic E-state index is 0.129. The summed E-state index contributed by atoms with van der Waals surface area (Å²) in [6.45, 7) is 2.90. The van der Waals surface area contributed by atoms with Gasteiger partial charge in [0, 0.05) is 49.7 Å². The molecule has 0 radical (unpaired) electrons. The van der Waals surface area contributed by atoms with Crippen LogP contribution in [0, 0.1) is 5.95 Å². The molecule has 0 saturated carbocycles. The summed E-state index contributed by atoms with van der Waals surface area (Å²) in [5, 5.41) is 2.54. The molecule has 2 aromatic carbocycles. The summed E-state index contributed by atoms with van der Waals surface area (Å²) in [5.41, 5.74) is 2.32. The molecule has 1 aliphatic rings. The maximum absolute atomic E-state index is 13.1. The van der Waals surface area contributed by atoms with E-state index in [1.54, 1.807) is 4.90 Å². The van der Waals surface area contributed by atoms with Crippen molar-refractivity contribution in [3.63, 3.8) is 0 Å². The smallest absolute Gasteiger partial charge is 0.251 e. The molecule has 0 aliphatic carbocycles. The molecule has 1 N–H and O–H groups in total. The highest BCUT2D eigenvalue weighted by molar-refractivity contribution is 5.96. The maximum Gasteiger partial charge on any atom is 0.251 e. The number of aromatic nitrogens is 1. The zero-order valence-electron chi connectivity index (χ0n) is 18.1. The monoisotopic (exact) mass is 447 g/mol. The largest absolute Gasteiger partial charge is 0.489 e. The van der Waals surface area contributed by atoms with Crippen LogP contribution < -0.4 is 15.0 Å². The number of halogens is 1. The SMILES string of the molecule is O=C(NCC(=O)N1CCN(c2ccc(OCc3ccccc3)cc2)CC1)c1ccnc([18F])c1. The third-order valence-corrected chi connectivity index (χ3v) is 5.47. The lowest BCUT2D eigenvalue weighted by molar-refractivity contribution is -0.130. The predicted molar refractivity (Wildman–Crippen MR) is 123 cm³/mol. The van der Waals surface area contributed by atoms with Gasteiger partial charge in [0.25, 0.3) is 5.91 Å². The molecular formula is C25H25FN4O3. The standard InChI is InChI=1S/C25H25FN4O3/c26-23-16-20(10-11-27-23)25(32)28-17-24(31)30-14-12-29(13-15-30)21-6-8-22(9-7-21)33-18-19-4-2-1-3-5-19/h1-11,16H,12-15,17-18H2,(H,28,32)/i26-1. The minimum atomic E-state index is -0.735. The highest BCUT2D eigenvalue weighted by Crippen LogP contribution is 2.21. The average Bonchev–Trinajstić information content (AvgIpc) is 2.87. The van der Waals surface area contributed by atoms with Crippen LogP contribution in [0.25, 0.3) is 0 Å². The molecule has 0 bridgehead atoms. The molecule has 33 heavy (non-hydrogen) atoms. The number of carbonyl (C=O) groups excluding carboxylic acids is 2. The van der Waals surface area contributed by atoms with Crippen LogP contribution >= 0.6 is 0 Å². The van der Waals surface area contributed by atoms with Crippen LogP contribution in [0.3, 0.4) is 0 Å². The molecule has 2 amide bonds. The van der Waals surface area contributed by atoms with Gasteiger partial charge >= 0.3 is 0 Å². The van der Waals surface area contributed by atoms with Crippen molar-refractivity contribution in [1.29, 1.82) is 0 Å². The van der Waals surface area contributed by atoms with E-state index < -0.39 is 11.9 Å². The Morgan fingerprint density at radius 1 is 0.970 bits per heavy atom. The summed E-state index contributed by atoms with van der Waals surface area (Å²) in [6, 6.07) is 20.4. The van der Waals surface area contributed by atoms with Gasteiger partial charge in [0.1, 0.15) is 12.4 Å². The Bertz CT molecular complexity index is 1080. The summed E-state index contributed by atoms with van der Waals surface area (Å²) >= 11 is 0. The van der Waals surface area contributed by atoms with Crippen molar-refractivity contribution in [2.45, 2.75) is 6.61 Å². The van der Waals surface area contributed by atoms with Crippen molar-refractivity contribution >= 4 is 17.5 Å². The van der Waals surface area contributed by atoms with E-state index in [1.807, 2.05) is 54.6 Å². The highest BCUT2D eigenvalue weighted by Gasteiger charge is 2.22. The first-order valence-corrected chi connectivity index (χ1v) is 10.8. The van der Waals surface area contributed by atoms with Crippen molar-refractivity contribution in [1.82, 2.24) is 15.2 Å². The summed E-state index contributed by atoms with van der Waals surface area (Å²) in [6.07, 6.45) is 1.22. The third kappa shape index (κ3) is 6.06. The van der Waals surface area contributed by atoms with Gasteiger partial charge in [-0.1, -0.05) is 30.3 Å².